The highest BCUT2D eigenvalue weighted by Gasteiger charge is 2.47. The second-order valence-corrected chi connectivity index (χ2v) is 7.65. The van der Waals surface area contributed by atoms with Crippen molar-refractivity contribution in [2.45, 2.75) is 30.7 Å². The number of aromatic nitrogens is 1. The first-order valence-electron chi connectivity index (χ1n) is 10.0. The smallest absolute Gasteiger partial charge is 0.304 e. The second-order valence-electron chi connectivity index (χ2n) is 7.65. The SMILES string of the molecule is COC1=C(c2c(OC)c(OC3OC(CO)C(O)C(O)C3O)c(=O)n(C)c2O)C(=O)N(C)C(=O)C1=O. The van der Waals surface area contributed by atoms with Crippen molar-refractivity contribution in [3.63, 3.8) is 0 Å². The molecule has 2 amide bonds. The van der Waals surface area contributed by atoms with Crippen molar-refractivity contribution in [2.75, 3.05) is 27.9 Å². The highest BCUT2D eigenvalue weighted by atomic mass is 16.7. The van der Waals surface area contributed by atoms with Crippen molar-refractivity contribution in [1.82, 2.24) is 9.47 Å². The van der Waals surface area contributed by atoms with Gasteiger partial charge in [-0.3, -0.25) is 28.6 Å². The maximum Gasteiger partial charge on any atom is 0.304 e. The van der Waals surface area contributed by atoms with Gasteiger partial charge in [-0.25, -0.2) is 0 Å². The van der Waals surface area contributed by atoms with Crippen LogP contribution in [0.5, 0.6) is 17.4 Å². The molecule has 1 fully saturated rings. The van der Waals surface area contributed by atoms with Crippen molar-refractivity contribution in [3.05, 3.63) is 21.7 Å². The Morgan fingerprint density at radius 1 is 0.914 bits per heavy atom. The standard InChI is InChI=1S/C20H24N2O13/c1-21-16(28)7(13(32-3)12(27)18(21)30)8-14(33-4)15(19(31)22(2)17(8)29)35-20-11(26)10(25)9(24)6(5-23)34-20/h6,9-11,20,23-26,29H,5H2,1-4H3. The van der Waals surface area contributed by atoms with Crippen LogP contribution in [0.2, 0.25) is 0 Å². The number of aromatic hydroxyl groups is 1. The van der Waals surface area contributed by atoms with Gasteiger partial charge < -0.3 is 44.5 Å². The molecule has 3 rings (SSSR count). The third-order valence-electron chi connectivity index (χ3n) is 5.66. The quantitative estimate of drug-likeness (QED) is 0.187. The van der Waals surface area contributed by atoms with Gasteiger partial charge in [-0.05, 0) is 0 Å². The topological polar surface area (TPSA) is 215 Å². The van der Waals surface area contributed by atoms with Crippen LogP contribution in [0.4, 0.5) is 0 Å². The van der Waals surface area contributed by atoms with Gasteiger partial charge in [-0.1, -0.05) is 0 Å². The molecule has 0 spiro atoms. The summed E-state index contributed by atoms with van der Waals surface area (Å²) in [5.74, 6) is -6.41. The highest BCUT2D eigenvalue weighted by Crippen LogP contribution is 2.42. The molecule has 0 saturated carbocycles. The van der Waals surface area contributed by atoms with Gasteiger partial charge in [0.05, 0.1) is 26.4 Å². The zero-order valence-corrected chi connectivity index (χ0v) is 19.0. The van der Waals surface area contributed by atoms with Crippen molar-refractivity contribution in [1.29, 1.82) is 0 Å². The molecule has 15 heteroatoms. The molecular weight excluding hydrogens is 476 g/mol. The number of methoxy groups -OCH3 is 2. The van der Waals surface area contributed by atoms with E-state index in [9.17, 15) is 44.7 Å². The van der Waals surface area contributed by atoms with Crippen LogP contribution in [0.25, 0.3) is 5.57 Å². The molecule has 5 atom stereocenters. The molecule has 0 radical (unpaired) electrons. The number of hydrogen-bond donors (Lipinski definition) is 5. The largest absolute Gasteiger partial charge is 0.494 e. The Morgan fingerprint density at radius 2 is 1.54 bits per heavy atom. The molecule has 0 aromatic carbocycles. The Hall–Kier alpha value is -3.50. The molecule has 2 aliphatic heterocycles. The first-order valence-corrected chi connectivity index (χ1v) is 10.0. The zero-order chi connectivity index (χ0) is 26.4. The zero-order valence-electron chi connectivity index (χ0n) is 19.0. The summed E-state index contributed by atoms with van der Waals surface area (Å²) in [6.07, 6.45) is -8.64. The summed E-state index contributed by atoms with van der Waals surface area (Å²) >= 11 is 0. The first-order chi connectivity index (χ1) is 16.4. The van der Waals surface area contributed by atoms with Gasteiger partial charge in [0.15, 0.2) is 11.5 Å². The summed E-state index contributed by atoms with van der Waals surface area (Å²) in [5, 5.41) is 50.4. The van der Waals surface area contributed by atoms with E-state index >= 15 is 0 Å². The van der Waals surface area contributed by atoms with Crippen molar-refractivity contribution >= 4 is 23.2 Å². The number of amides is 2. The lowest BCUT2D eigenvalue weighted by atomic mass is 9.97. The van der Waals surface area contributed by atoms with Crippen molar-refractivity contribution < 1.29 is 58.9 Å². The molecule has 35 heavy (non-hydrogen) atoms. The summed E-state index contributed by atoms with van der Waals surface area (Å²) in [4.78, 5) is 50.9. The normalized spacial score (nSPS) is 27.4. The highest BCUT2D eigenvalue weighted by molar-refractivity contribution is 6.52. The maximum atomic E-state index is 12.9. The molecular formula is C20H24N2O13. The lowest BCUT2D eigenvalue weighted by Gasteiger charge is -2.39. The minimum absolute atomic E-state index is 0.475. The molecule has 0 bridgehead atoms. The van der Waals surface area contributed by atoms with Crippen LogP contribution in [0.15, 0.2) is 10.6 Å². The monoisotopic (exact) mass is 500 g/mol. The minimum atomic E-state index is -1.91. The van der Waals surface area contributed by atoms with Crippen molar-refractivity contribution in [3.8, 4) is 17.4 Å². The fourth-order valence-corrected chi connectivity index (χ4v) is 3.67. The van der Waals surface area contributed by atoms with Crippen LogP contribution in [0.3, 0.4) is 0 Å². The van der Waals surface area contributed by atoms with Gasteiger partial charge in [-0.2, -0.15) is 0 Å². The summed E-state index contributed by atoms with van der Waals surface area (Å²) in [6.45, 7) is -0.776. The van der Waals surface area contributed by atoms with Crippen LogP contribution in [-0.4, -0.2) is 111 Å². The molecule has 5 unspecified atom stereocenters. The van der Waals surface area contributed by atoms with Crippen LogP contribution in [0, 0.1) is 0 Å². The van der Waals surface area contributed by atoms with Gasteiger partial charge in [0.25, 0.3) is 17.2 Å². The third kappa shape index (κ3) is 4.02. The molecule has 15 nitrogen and oxygen atoms in total. The van der Waals surface area contributed by atoms with E-state index in [1.165, 1.54) is 0 Å². The Labute approximate surface area is 196 Å². The number of ether oxygens (including phenoxy) is 4. The fourth-order valence-electron chi connectivity index (χ4n) is 3.67. The van der Waals surface area contributed by atoms with E-state index in [0.29, 0.717) is 9.47 Å². The van der Waals surface area contributed by atoms with Gasteiger partial charge in [0, 0.05) is 14.1 Å². The number of ketones is 1. The number of aliphatic hydroxyl groups is 4. The summed E-state index contributed by atoms with van der Waals surface area (Å²) in [6, 6.07) is 0. The summed E-state index contributed by atoms with van der Waals surface area (Å²) in [7, 11) is 4.15. The molecule has 1 aromatic rings. The van der Waals surface area contributed by atoms with Crippen LogP contribution in [0.1, 0.15) is 5.56 Å². The predicted octanol–water partition coefficient (Wildman–Crippen LogP) is -3.80. The van der Waals surface area contributed by atoms with E-state index in [1.54, 1.807) is 0 Å². The van der Waals surface area contributed by atoms with E-state index in [2.05, 4.69) is 0 Å². The lowest BCUT2D eigenvalue weighted by molar-refractivity contribution is -0.277. The summed E-state index contributed by atoms with van der Waals surface area (Å²) in [5.41, 5.74) is -2.23. The molecule has 0 aliphatic carbocycles. The predicted molar refractivity (Wildman–Crippen MR) is 111 cm³/mol. The number of rotatable bonds is 6. The van der Waals surface area contributed by atoms with Crippen molar-refractivity contribution in [2.24, 2.45) is 7.05 Å². The maximum absolute atomic E-state index is 12.9. The number of imide groups is 1. The molecule has 192 valence electrons. The van der Waals surface area contributed by atoms with E-state index in [-0.39, 0.29) is 0 Å². The Balaban J connectivity index is 2.26. The van der Waals surface area contributed by atoms with E-state index < -0.39 is 94.7 Å². The number of Topliss-reactive ketones (excluding diaryl/α,β-unsaturated/α-hetero) is 1. The fraction of sp³-hybridized carbons (Fsp3) is 0.500. The second kappa shape index (κ2) is 9.63. The Bertz CT molecular complexity index is 1150. The van der Waals surface area contributed by atoms with Crippen LogP contribution < -0.4 is 15.0 Å². The number of nitrogens with zero attached hydrogens (tertiary/aromatic N) is 2. The molecule has 2 aliphatic rings. The molecule has 3 heterocycles. The van der Waals surface area contributed by atoms with Gasteiger partial charge in [0.1, 0.15) is 30.0 Å². The van der Waals surface area contributed by atoms with Gasteiger partial charge in [-0.15, -0.1) is 0 Å². The molecule has 5 N–H and O–H groups in total. The van der Waals surface area contributed by atoms with E-state index in [0.717, 1.165) is 28.3 Å². The minimum Gasteiger partial charge on any atom is -0.494 e. The lowest BCUT2D eigenvalue weighted by Crippen LogP contribution is -2.60. The molecule has 1 aromatic heterocycles. The Kier molecular flexibility index (Phi) is 7.18. The number of pyridine rings is 1. The number of carbonyl (C=O) groups is 3. The van der Waals surface area contributed by atoms with E-state index in [1.807, 2.05) is 0 Å². The average molecular weight is 500 g/mol. The van der Waals surface area contributed by atoms with Crippen LogP contribution in [-0.2, 0) is 30.9 Å². The number of likely N-dealkylation sites (N-methyl/N-ethyl adjacent to an activating group) is 1. The number of carbonyl (C=O) groups excluding carboxylic acids is 3. The summed E-state index contributed by atoms with van der Waals surface area (Å²) < 4.78 is 21.5. The van der Waals surface area contributed by atoms with E-state index in [4.69, 9.17) is 18.9 Å². The Morgan fingerprint density at radius 3 is 2.09 bits per heavy atom. The third-order valence-corrected chi connectivity index (χ3v) is 5.66. The van der Waals surface area contributed by atoms with Gasteiger partial charge >= 0.3 is 5.91 Å². The van der Waals surface area contributed by atoms with Gasteiger partial charge in [0.2, 0.25) is 17.9 Å². The van der Waals surface area contributed by atoms with Crippen LogP contribution >= 0.6 is 0 Å². The number of hydrogen-bond acceptors (Lipinski definition) is 13. The first kappa shape index (κ1) is 26.1. The average Bonchev–Trinajstić information content (AvgIpc) is 2.85. The molecule has 1 saturated heterocycles. The number of aliphatic hydroxyl groups excluding tert-OH is 4.